The van der Waals surface area contributed by atoms with Crippen molar-refractivity contribution in [3.63, 3.8) is 0 Å². The summed E-state index contributed by atoms with van der Waals surface area (Å²) in [6.45, 7) is 6.56. The fourth-order valence-corrected chi connectivity index (χ4v) is 2.99. The summed E-state index contributed by atoms with van der Waals surface area (Å²) in [5.41, 5.74) is 3.79. The fourth-order valence-electron chi connectivity index (χ4n) is 2.99. The molecule has 0 amide bonds. The van der Waals surface area contributed by atoms with Gasteiger partial charge >= 0.3 is 0 Å². The van der Waals surface area contributed by atoms with Crippen molar-refractivity contribution in [3.05, 3.63) is 29.1 Å². The first-order valence-electron chi connectivity index (χ1n) is 8.79. The van der Waals surface area contributed by atoms with Crippen LogP contribution in [0.3, 0.4) is 0 Å². The van der Waals surface area contributed by atoms with Gasteiger partial charge in [0.05, 0.1) is 5.69 Å². The minimum atomic E-state index is 0.408. The normalized spacial score (nSPS) is 12.6. The molecule has 120 valence electrons. The molecular weight excluding hydrogens is 256 g/mol. The molecule has 1 heterocycles. The SMILES string of the molecule is CCCCCCCCCCC(NC)c1ncc(C)cc1C. The Hall–Kier alpha value is -0.890. The molecule has 1 unspecified atom stereocenters. The molecule has 0 radical (unpaired) electrons. The van der Waals surface area contributed by atoms with Crippen molar-refractivity contribution in [2.75, 3.05) is 7.05 Å². The number of hydrogen-bond acceptors (Lipinski definition) is 2. The Morgan fingerprint density at radius 1 is 1.00 bits per heavy atom. The van der Waals surface area contributed by atoms with Crippen molar-refractivity contribution in [1.29, 1.82) is 0 Å². The lowest BCUT2D eigenvalue weighted by atomic mass is 10.00. The van der Waals surface area contributed by atoms with Crippen LogP contribution >= 0.6 is 0 Å². The zero-order chi connectivity index (χ0) is 15.5. The molecule has 2 heteroatoms. The summed E-state index contributed by atoms with van der Waals surface area (Å²) in [6, 6.07) is 2.64. The molecule has 1 N–H and O–H groups in total. The van der Waals surface area contributed by atoms with Crippen LogP contribution in [0.4, 0.5) is 0 Å². The van der Waals surface area contributed by atoms with Crippen LogP contribution in [0.15, 0.2) is 12.3 Å². The first-order valence-corrected chi connectivity index (χ1v) is 8.79. The van der Waals surface area contributed by atoms with E-state index in [0.29, 0.717) is 6.04 Å². The highest BCUT2D eigenvalue weighted by Gasteiger charge is 2.12. The van der Waals surface area contributed by atoms with Gasteiger partial charge in [0.25, 0.3) is 0 Å². The minimum Gasteiger partial charge on any atom is -0.312 e. The van der Waals surface area contributed by atoms with Gasteiger partial charge in [0, 0.05) is 12.2 Å². The van der Waals surface area contributed by atoms with E-state index < -0.39 is 0 Å². The van der Waals surface area contributed by atoms with E-state index in [0.717, 1.165) is 0 Å². The summed E-state index contributed by atoms with van der Waals surface area (Å²) < 4.78 is 0. The summed E-state index contributed by atoms with van der Waals surface area (Å²) in [4.78, 5) is 4.64. The van der Waals surface area contributed by atoms with Gasteiger partial charge in [0.15, 0.2) is 0 Å². The smallest absolute Gasteiger partial charge is 0.0602 e. The number of rotatable bonds is 11. The third-order valence-electron chi connectivity index (χ3n) is 4.28. The van der Waals surface area contributed by atoms with Gasteiger partial charge in [0.2, 0.25) is 0 Å². The molecule has 0 spiro atoms. The maximum Gasteiger partial charge on any atom is 0.0602 e. The highest BCUT2D eigenvalue weighted by Crippen LogP contribution is 2.22. The molecule has 0 aliphatic heterocycles. The van der Waals surface area contributed by atoms with Gasteiger partial charge < -0.3 is 5.32 Å². The first-order chi connectivity index (χ1) is 10.2. The molecule has 1 aromatic heterocycles. The molecule has 0 saturated carbocycles. The monoisotopic (exact) mass is 290 g/mol. The van der Waals surface area contributed by atoms with Gasteiger partial charge in [-0.15, -0.1) is 0 Å². The van der Waals surface area contributed by atoms with E-state index in [9.17, 15) is 0 Å². The van der Waals surface area contributed by atoms with Crippen LogP contribution in [0.2, 0.25) is 0 Å². The molecule has 0 aliphatic carbocycles. The van der Waals surface area contributed by atoms with Crippen molar-refractivity contribution in [2.24, 2.45) is 0 Å². The second-order valence-corrected chi connectivity index (χ2v) is 6.32. The van der Waals surface area contributed by atoms with Crippen molar-refractivity contribution in [3.8, 4) is 0 Å². The van der Waals surface area contributed by atoms with Crippen LogP contribution in [-0.2, 0) is 0 Å². The quantitative estimate of drug-likeness (QED) is 0.545. The lowest BCUT2D eigenvalue weighted by molar-refractivity contribution is 0.485. The number of hydrogen-bond donors (Lipinski definition) is 1. The predicted molar refractivity (Wildman–Crippen MR) is 92.7 cm³/mol. The minimum absolute atomic E-state index is 0.408. The molecular formula is C19H34N2. The number of aryl methyl sites for hydroxylation is 2. The topological polar surface area (TPSA) is 24.9 Å². The van der Waals surface area contributed by atoms with E-state index >= 15 is 0 Å². The van der Waals surface area contributed by atoms with Crippen molar-refractivity contribution in [1.82, 2.24) is 10.3 Å². The van der Waals surface area contributed by atoms with Crippen LogP contribution in [0, 0.1) is 13.8 Å². The second-order valence-electron chi connectivity index (χ2n) is 6.32. The number of nitrogens with one attached hydrogen (secondary N) is 1. The summed E-state index contributed by atoms with van der Waals surface area (Å²) in [5, 5.41) is 3.43. The van der Waals surface area contributed by atoms with Gasteiger partial charge in [-0.05, 0) is 38.4 Å². The first kappa shape index (κ1) is 18.2. The maximum absolute atomic E-state index is 4.64. The summed E-state index contributed by atoms with van der Waals surface area (Å²) >= 11 is 0. The molecule has 0 bridgehead atoms. The van der Waals surface area contributed by atoms with E-state index in [4.69, 9.17) is 0 Å². The molecule has 0 fully saturated rings. The molecule has 1 atom stereocenters. The number of nitrogens with zero attached hydrogens (tertiary/aromatic N) is 1. The van der Waals surface area contributed by atoms with Crippen molar-refractivity contribution < 1.29 is 0 Å². The highest BCUT2D eigenvalue weighted by molar-refractivity contribution is 5.25. The summed E-state index contributed by atoms with van der Waals surface area (Å²) in [5.74, 6) is 0. The molecule has 2 nitrogen and oxygen atoms in total. The van der Waals surface area contributed by atoms with Crippen LogP contribution in [-0.4, -0.2) is 12.0 Å². The Kier molecular flexibility index (Phi) is 9.32. The van der Waals surface area contributed by atoms with E-state index in [1.54, 1.807) is 0 Å². The van der Waals surface area contributed by atoms with E-state index in [1.165, 1.54) is 74.6 Å². The number of pyridine rings is 1. The van der Waals surface area contributed by atoms with Crippen molar-refractivity contribution in [2.45, 2.75) is 84.6 Å². The third-order valence-corrected chi connectivity index (χ3v) is 4.28. The van der Waals surface area contributed by atoms with Crippen LogP contribution in [0.25, 0.3) is 0 Å². The van der Waals surface area contributed by atoms with Crippen molar-refractivity contribution >= 4 is 0 Å². The molecule has 0 saturated heterocycles. The van der Waals surface area contributed by atoms with Gasteiger partial charge in [-0.2, -0.15) is 0 Å². The Balaban J connectivity index is 2.25. The highest BCUT2D eigenvalue weighted by atomic mass is 14.9. The third kappa shape index (κ3) is 7.08. The standard InChI is InChI=1S/C19H34N2/c1-5-6-7-8-9-10-11-12-13-18(20-4)19-17(3)14-16(2)15-21-19/h14-15,18,20H,5-13H2,1-4H3. The van der Waals surface area contributed by atoms with Crippen LogP contribution in [0.5, 0.6) is 0 Å². The number of unbranched alkanes of at least 4 members (excludes halogenated alkanes) is 7. The van der Waals surface area contributed by atoms with Gasteiger partial charge in [-0.1, -0.05) is 64.4 Å². The average molecular weight is 290 g/mol. The zero-order valence-electron chi connectivity index (χ0n) is 14.5. The zero-order valence-corrected chi connectivity index (χ0v) is 14.5. The van der Waals surface area contributed by atoms with Crippen LogP contribution in [0.1, 0.15) is 87.6 Å². The van der Waals surface area contributed by atoms with E-state index in [1.807, 2.05) is 6.20 Å². The lowest BCUT2D eigenvalue weighted by Gasteiger charge is -2.18. The predicted octanol–water partition coefficient (Wildman–Crippen LogP) is 5.49. The Morgan fingerprint density at radius 3 is 2.19 bits per heavy atom. The van der Waals surface area contributed by atoms with Crippen LogP contribution < -0.4 is 5.32 Å². The number of aromatic nitrogens is 1. The Bertz CT molecular complexity index is 387. The van der Waals surface area contributed by atoms with E-state index in [-0.39, 0.29) is 0 Å². The molecule has 0 aromatic carbocycles. The molecule has 1 rings (SSSR count). The second kappa shape index (κ2) is 10.8. The van der Waals surface area contributed by atoms with Gasteiger partial charge in [0.1, 0.15) is 0 Å². The molecule has 1 aromatic rings. The average Bonchev–Trinajstić information content (AvgIpc) is 2.47. The summed E-state index contributed by atoms with van der Waals surface area (Å²) in [6.07, 6.45) is 14.2. The Labute approximate surface area is 131 Å². The fraction of sp³-hybridized carbons (Fsp3) is 0.737. The van der Waals surface area contributed by atoms with Gasteiger partial charge in [-0.25, -0.2) is 0 Å². The molecule has 21 heavy (non-hydrogen) atoms. The van der Waals surface area contributed by atoms with E-state index in [2.05, 4.69) is 44.2 Å². The largest absolute Gasteiger partial charge is 0.312 e. The lowest BCUT2D eigenvalue weighted by Crippen LogP contribution is -2.18. The maximum atomic E-state index is 4.64. The molecule has 0 aliphatic rings. The van der Waals surface area contributed by atoms with Gasteiger partial charge in [-0.3, -0.25) is 4.98 Å². The summed E-state index contributed by atoms with van der Waals surface area (Å²) in [7, 11) is 2.05. The Morgan fingerprint density at radius 2 is 1.62 bits per heavy atom.